The van der Waals surface area contributed by atoms with E-state index in [9.17, 15) is 0 Å². The number of ether oxygens (including phenoxy) is 1. The van der Waals surface area contributed by atoms with E-state index in [4.69, 9.17) is 4.74 Å². The number of nitrogens with one attached hydrogen (secondary N) is 2. The summed E-state index contributed by atoms with van der Waals surface area (Å²) in [6.45, 7) is 2.11. The van der Waals surface area contributed by atoms with Crippen molar-refractivity contribution in [2.45, 2.75) is 13.0 Å². The van der Waals surface area contributed by atoms with Gasteiger partial charge in [-0.3, -0.25) is 0 Å². The first kappa shape index (κ1) is 16.1. The molecule has 0 amide bonds. The van der Waals surface area contributed by atoms with Gasteiger partial charge < -0.3 is 15.0 Å². The number of fused-ring (bicyclic) bond motifs is 1. The Kier molecular flexibility index (Phi) is 4.23. The van der Waals surface area contributed by atoms with Gasteiger partial charge in [0.25, 0.3) is 0 Å². The number of hydrogen-bond acceptors (Lipinski definition) is 5. The van der Waals surface area contributed by atoms with E-state index in [0.29, 0.717) is 5.75 Å². The van der Waals surface area contributed by atoms with Crippen molar-refractivity contribution in [3.05, 3.63) is 66.7 Å². The molecule has 1 atom stereocenters. The van der Waals surface area contributed by atoms with E-state index in [2.05, 4.69) is 44.3 Å². The molecular formula is C20H19N5O. The fraction of sp³-hybridized carbons (Fsp3) is 0.150. The lowest BCUT2D eigenvalue weighted by molar-refractivity contribution is 0.414. The molecule has 6 nitrogen and oxygen atoms in total. The van der Waals surface area contributed by atoms with Crippen molar-refractivity contribution in [3.8, 4) is 17.0 Å². The molecule has 3 aromatic heterocycles. The lowest BCUT2D eigenvalue weighted by Gasteiger charge is -2.15. The predicted octanol–water partition coefficient (Wildman–Crippen LogP) is 4.20. The zero-order valence-electron chi connectivity index (χ0n) is 14.6. The van der Waals surface area contributed by atoms with Gasteiger partial charge >= 0.3 is 0 Å². The average molecular weight is 345 g/mol. The maximum atomic E-state index is 5.29. The van der Waals surface area contributed by atoms with Crippen molar-refractivity contribution in [2.24, 2.45) is 0 Å². The summed E-state index contributed by atoms with van der Waals surface area (Å²) in [5.74, 6) is 1.49. The monoisotopic (exact) mass is 345 g/mol. The first-order chi connectivity index (χ1) is 12.7. The van der Waals surface area contributed by atoms with Crippen LogP contribution in [0.15, 0.2) is 61.2 Å². The minimum atomic E-state index is 0.142. The molecule has 0 aliphatic rings. The molecule has 6 heteroatoms. The topological polar surface area (TPSA) is 75.7 Å². The molecule has 0 fully saturated rings. The minimum absolute atomic E-state index is 0.142. The van der Waals surface area contributed by atoms with Gasteiger partial charge in [0, 0.05) is 29.3 Å². The van der Waals surface area contributed by atoms with E-state index >= 15 is 0 Å². The zero-order valence-corrected chi connectivity index (χ0v) is 14.6. The number of H-pyrrole nitrogens is 1. The molecule has 3 heterocycles. The third kappa shape index (κ3) is 3.09. The van der Waals surface area contributed by atoms with Gasteiger partial charge in [0.05, 0.1) is 19.0 Å². The Morgan fingerprint density at radius 2 is 1.92 bits per heavy atom. The maximum Gasteiger partial charge on any atom is 0.138 e. The van der Waals surface area contributed by atoms with Gasteiger partial charge in [0.2, 0.25) is 0 Å². The Bertz CT molecular complexity index is 1030. The summed E-state index contributed by atoms with van der Waals surface area (Å²) >= 11 is 0. The average Bonchev–Trinajstić information content (AvgIpc) is 3.12. The molecule has 26 heavy (non-hydrogen) atoms. The summed E-state index contributed by atoms with van der Waals surface area (Å²) in [6, 6.07) is 14.3. The summed E-state index contributed by atoms with van der Waals surface area (Å²) < 4.78 is 5.29. The largest absolute Gasteiger partial charge is 0.495 e. The van der Waals surface area contributed by atoms with Gasteiger partial charge in [-0.1, -0.05) is 30.3 Å². The second kappa shape index (κ2) is 6.84. The Balaban J connectivity index is 1.66. The molecule has 0 bridgehead atoms. The number of nitrogens with zero attached hydrogens (tertiary/aromatic N) is 3. The second-order valence-electron chi connectivity index (χ2n) is 6.04. The highest BCUT2D eigenvalue weighted by molar-refractivity contribution is 5.93. The summed E-state index contributed by atoms with van der Waals surface area (Å²) in [4.78, 5) is 16.3. The Labute approximate surface area is 151 Å². The summed E-state index contributed by atoms with van der Waals surface area (Å²) in [6.07, 6.45) is 5.17. The molecule has 4 aromatic rings. The number of aromatic amines is 1. The van der Waals surface area contributed by atoms with E-state index in [0.717, 1.165) is 28.1 Å². The molecule has 0 radical (unpaired) electrons. The van der Waals surface area contributed by atoms with Crippen molar-refractivity contribution in [1.82, 2.24) is 19.9 Å². The van der Waals surface area contributed by atoms with Gasteiger partial charge in [0.15, 0.2) is 0 Å². The highest BCUT2D eigenvalue weighted by atomic mass is 16.5. The van der Waals surface area contributed by atoms with Gasteiger partial charge in [0.1, 0.15) is 23.5 Å². The molecule has 0 spiro atoms. The smallest absolute Gasteiger partial charge is 0.138 e. The quantitative estimate of drug-likeness (QED) is 0.567. The van der Waals surface area contributed by atoms with Crippen LogP contribution in [0.3, 0.4) is 0 Å². The Morgan fingerprint density at radius 3 is 2.73 bits per heavy atom. The number of pyridine rings is 1. The number of benzene rings is 1. The minimum Gasteiger partial charge on any atom is -0.495 e. The number of methoxy groups -OCH3 is 1. The van der Waals surface area contributed by atoms with Crippen LogP contribution in [0, 0.1) is 0 Å². The molecule has 0 aliphatic carbocycles. The summed E-state index contributed by atoms with van der Waals surface area (Å²) in [5, 5.41) is 4.39. The van der Waals surface area contributed by atoms with Crippen molar-refractivity contribution < 1.29 is 4.74 Å². The van der Waals surface area contributed by atoms with E-state index < -0.39 is 0 Å². The van der Waals surface area contributed by atoms with Crippen molar-refractivity contribution >= 4 is 16.9 Å². The standard InChI is InChI=1S/C20H19N5O/c1-13(14-6-4-3-5-7-14)25-19-9-18(23-12-24-19)17-11-22-20-16(17)8-15(26-2)10-21-20/h3-13H,1-2H3,(H,21,22)(H,23,24,25)/t13-/m0/s1. The van der Waals surface area contributed by atoms with Crippen LogP contribution in [0.1, 0.15) is 18.5 Å². The highest BCUT2D eigenvalue weighted by Crippen LogP contribution is 2.30. The van der Waals surface area contributed by atoms with Crippen molar-refractivity contribution in [3.63, 3.8) is 0 Å². The maximum absolute atomic E-state index is 5.29. The highest BCUT2D eigenvalue weighted by Gasteiger charge is 2.12. The number of aromatic nitrogens is 4. The molecule has 4 rings (SSSR count). The van der Waals surface area contributed by atoms with Gasteiger partial charge in [-0.25, -0.2) is 15.0 Å². The molecule has 0 saturated heterocycles. The van der Waals surface area contributed by atoms with E-state index in [1.165, 1.54) is 5.56 Å². The number of rotatable bonds is 5. The summed E-state index contributed by atoms with van der Waals surface area (Å²) in [7, 11) is 1.63. The Hall–Kier alpha value is -3.41. The Morgan fingerprint density at radius 1 is 1.08 bits per heavy atom. The first-order valence-corrected chi connectivity index (χ1v) is 8.39. The molecule has 1 aromatic carbocycles. The molecule has 130 valence electrons. The van der Waals surface area contributed by atoms with Crippen molar-refractivity contribution in [2.75, 3.05) is 12.4 Å². The fourth-order valence-electron chi connectivity index (χ4n) is 2.94. The lowest BCUT2D eigenvalue weighted by Crippen LogP contribution is -2.08. The van der Waals surface area contributed by atoms with Crippen LogP contribution >= 0.6 is 0 Å². The second-order valence-corrected chi connectivity index (χ2v) is 6.04. The fourth-order valence-corrected chi connectivity index (χ4v) is 2.94. The van der Waals surface area contributed by atoms with Crippen LogP contribution in [-0.4, -0.2) is 27.0 Å². The summed E-state index contributed by atoms with van der Waals surface area (Å²) in [5.41, 5.74) is 3.79. The SMILES string of the molecule is COc1cnc2[nH]cc(-c3cc(N[C@@H](C)c4ccccc4)ncn3)c2c1. The van der Waals surface area contributed by atoms with Crippen LogP contribution in [-0.2, 0) is 0 Å². The van der Waals surface area contributed by atoms with Crippen LogP contribution in [0.2, 0.25) is 0 Å². The van der Waals surface area contributed by atoms with Crippen LogP contribution < -0.4 is 10.1 Å². The first-order valence-electron chi connectivity index (χ1n) is 8.39. The van der Waals surface area contributed by atoms with Gasteiger partial charge in [-0.2, -0.15) is 0 Å². The third-order valence-corrected chi connectivity index (χ3v) is 4.35. The number of anilines is 1. The lowest BCUT2D eigenvalue weighted by atomic mass is 10.1. The van der Waals surface area contributed by atoms with Crippen LogP contribution in [0.4, 0.5) is 5.82 Å². The zero-order chi connectivity index (χ0) is 17.9. The van der Waals surface area contributed by atoms with E-state index in [-0.39, 0.29) is 6.04 Å². The number of hydrogen-bond donors (Lipinski definition) is 2. The van der Waals surface area contributed by atoms with E-state index in [1.54, 1.807) is 19.6 Å². The molecule has 0 aliphatic heterocycles. The van der Waals surface area contributed by atoms with Crippen LogP contribution in [0.25, 0.3) is 22.3 Å². The third-order valence-electron chi connectivity index (χ3n) is 4.35. The molecular weight excluding hydrogens is 326 g/mol. The van der Waals surface area contributed by atoms with E-state index in [1.807, 2.05) is 36.5 Å². The normalized spacial score (nSPS) is 12.1. The van der Waals surface area contributed by atoms with Crippen LogP contribution in [0.5, 0.6) is 5.75 Å². The van der Waals surface area contributed by atoms with Gasteiger partial charge in [-0.05, 0) is 18.6 Å². The predicted molar refractivity (Wildman–Crippen MR) is 102 cm³/mol. The van der Waals surface area contributed by atoms with Crippen molar-refractivity contribution in [1.29, 1.82) is 0 Å². The van der Waals surface area contributed by atoms with Gasteiger partial charge in [-0.15, -0.1) is 0 Å². The molecule has 0 unspecified atom stereocenters. The molecule has 2 N–H and O–H groups in total. The molecule has 0 saturated carbocycles.